The van der Waals surface area contributed by atoms with Gasteiger partial charge in [0.25, 0.3) is 0 Å². The van der Waals surface area contributed by atoms with Crippen molar-refractivity contribution in [2.24, 2.45) is 0 Å². The molecule has 1 aromatic heterocycles. The summed E-state index contributed by atoms with van der Waals surface area (Å²) in [6.07, 6.45) is 3.48. The predicted octanol–water partition coefficient (Wildman–Crippen LogP) is 2.11. The number of nitrogens with zero attached hydrogens (tertiary/aromatic N) is 4. The normalized spacial score (nSPS) is 10.6. The zero-order valence-corrected chi connectivity index (χ0v) is 10.0. The molecule has 0 aliphatic rings. The monoisotopic (exact) mass is 231 g/mol. The van der Waals surface area contributed by atoms with E-state index in [2.05, 4.69) is 22.4 Å². The maximum Gasteiger partial charge on any atom is 0.182 e. The van der Waals surface area contributed by atoms with Gasteiger partial charge in [-0.05, 0) is 29.0 Å². The minimum Gasteiger partial charge on any atom is -0.399 e. The molecule has 0 bridgehead atoms. The number of hydrogen-bond acceptors (Lipinski definition) is 4. The molecule has 17 heavy (non-hydrogen) atoms. The lowest BCUT2D eigenvalue weighted by molar-refractivity contribution is 0.541. The van der Waals surface area contributed by atoms with Gasteiger partial charge in [-0.25, -0.2) is 4.68 Å². The summed E-state index contributed by atoms with van der Waals surface area (Å²) in [4.78, 5) is 0. The van der Waals surface area contributed by atoms with E-state index in [1.165, 1.54) is 12.8 Å². The number of anilines is 1. The van der Waals surface area contributed by atoms with Crippen LogP contribution in [0.1, 0.15) is 26.2 Å². The Bertz CT molecular complexity index is 477. The zero-order chi connectivity index (χ0) is 12.1. The van der Waals surface area contributed by atoms with E-state index in [4.69, 9.17) is 5.73 Å². The summed E-state index contributed by atoms with van der Waals surface area (Å²) in [6, 6.07) is 7.63. The molecule has 0 spiro atoms. The molecule has 0 fully saturated rings. The number of tetrazole rings is 1. The Morgan fingerprint density at radius 3 is 2.94 bits per heavy atom. The Hall–Kier alpha value is -1.91. The summed E-state index contributed by atoms with van der Waals surface area (Å²) in [5.74, 6) is 0.786. The van der Waals surface area contributed by atoms with Crippen LogP contribution in [0.4, 0.5) is 5.69 Å². The molecule has 5 nitrogen and oxygen atoms in total. The maximum absolute atomic E-state index is 5.76. The lowest BCUT2D eigenvalue weighted by Gasteiger charge is -2.04. The molecule has 2 rings (SSSR count). The standard InChI is InChI=1S/C12H17N5/c1-2-3-4-8-17-12(14-15-16-17)10-6-5-7-11(13)9-10/h5-7,9H,2-4,8,13H2,1H3. The third-order valence-electron chi connectivity index (χ3n) is 2.65. The maximum atomic E-state index is 5.76. The van der Waals surface area contributed by atoms with Crippen molar-refractivity contribution < 1.29 is 0 Å². The number of benzene rings is 1. The molecule has 0 saturated heterocycles. The van der Waals surface area contributed by atoms with Gasteiger partial charge in [-0.15, -0.1) is 5.10 Å². The van der Waals surface area contributed by atoms with Gasteiger partial charge in [-0.1, -0.05) is 31.9 Å². The Morgan fingerprint density at radius 2 is 2.18 bits per heavy atom. The Balaban J connectivity index is 2.18. The summed E-state index contributed by atoms with van der Waals surface area (Å²) in [5.41, 5.74) is 7.45. The first kappa shape index (κ1) is 11.6. The van der Waals surface area contributed by atoms with Crippen molar-refractivity contribution in [1.29, 1.82) is 0 Å². The second-order valence-corrected chi connectivity index (χ2v) is 4.06. The van der Waals surface area contributed by atoms with Crippen molar-refractivity contribution in [3.05, 3.63) is 24.3 Å². The highest BCUT2D eigenvalue weighted by molar-refractivity contribution is 5.60. The van der Waals surface area contributed by atoms with Gasteiger partial charge in [0.05, 0.1) is 0 Å². The van der Waals surface area contributed by atoms with Crippen LogP contribution in [0.25, 0.3) is 11.4 Å². The molecule has 0 atom stereocenters. The fraction of sp³-hybridized carbons (Fsp3) is 0.417. The fourth-order valence-corrected chi connectivity index (χ4v) is 1.75. The van der Waals surface area contributed by atoms with Gasteiger partial charge in [0.1, 0.15) is 0 Å². The Kier molecular flexibility index (Phi) is 3.69. The van der Waals surface area contributed by atoms with Crippen LogP contribution in [0, 0.1) is 0 Å². The second-order valence-electron chi connectivity index (χ2n) is 4.06. The molecule has 0 aliphatic heterocycles. The van der Waals surface area contributed by atoms with Crippen LogP contribution >= 0.6 is 0 Å². The minimum absolute atomic E-state index is 0.727. The van der Waals surface area contributed by atoms with Gasteiger partial charge in [-0.2, -0.15) is 0 Å². The molecule has 90 valence electrons. The molecule has 5 heteroatoms. The highest BCUT2D eigenvalue weighted by Gasteiger charge is 2.08. The van der Waals surface area contributed by atoms with E-state index in [0.29, 0.717) is 0 Å². The summed E-state index contributed by atoms with van der Waals surface area (Å²) in [5, 5.41) is 11.8. The lowest BCUT2D eigenvalue weighted by Crippen LogP contribution is -2.03. The van der Waals surface area contributed by atoms with Crippen molar-refractivity contribution in [2.75, 3.05) is 5.73 Å². The SMILES string of the molecule is CCCCCn1nnnc1-c1cccc(N)c1. The Morgan fingerprint density at radius 1 is 1.29 bits per heavy atom. The van der Waals surface area contributed by atoms with Crippen LogP contribution in [0.2, 0.25) is 0 Å². The van der Waals surface area contributed by atoms with E-state index in [9.17, 15) is 0 Å². The molecule has 0 saturated carbocycles. The topological polar surface area (TPSA) is 69.6 Å². The van der Waals surface area contributed by atoms with Crippen molar-refractivity contribution in [3.63, 3.8) is 0 Å². The van der Waals surface area contributed by atoms with Crippen molar-refractivity contribution >= 4 is 5.69 Å². The van der Waals surface area contributed by atoms with Crippen LogP contribution < -0.4 is 5.73 Å². The number of unbranched alkanes of at least 4 members (excludes halogenated alkanes) is 2. The lowest BCUT2D eigenvalue weighted by atomic mass is 10.2. The first-order valence-electron chi connectivity index (χ1n) is 5.93. The molecule has 2 N–H and O–H groups in total. The predicted molar refractivity (Wildman–Crippen MR) is 67.2 cm³/mol. The van der Waals surface area contributed by atoms with Crippen LogP contribution in [0.5, 0.6) is 0 Å². The van der Waals surface area contributed by atoms with E-state index in [-0.39, 0.29) is 0 Å². The second kappa shape index (κ2) is 5.43. The average Bonchev–Trinajstić information content (AvgIpc) is 2.78. The van der Waals surface area contributed by atoms with Crippen molar-refractivity contribution in [1.82, 2.24) is 20.2 Å². The fourth-order valence-electron chi connectivity index (χ4n) is 1.75. The third kappa shape index (κ3) is 2.81. The van der Waals surface area contributed by atoms with Gasteiger partial charge >= 0.3 is 0 Å². The quantitative estimate of drug-likeness (QED) is 0.632. The van der Waals surface area contributed by atoms with Crippen molar-refractivity contribution in [2.45, 2.75) is 32.7 Å². The van der Waals surface area contributed by atoms with Gasteiger partial charge in [0.15, 0.2) is 5.82 Å². The molecule has 0 unspecified atom stereocenters. The zero-order valence-electron chi connectivity index (χ0n) is 10.0. The van der Waals surface area contributed by atoms with Gasteiger partial charge in [-0.3, -0.25) is 0 Å². The van der Waals surface area contributed by atoms with E-state index in [1.54, 1.807) is 0 Å². The van der Waals surface area contributed by atoms with E-state index < -0.39 is 0 Å². The van der Waals surface area contributed by atoms with Crippen LogP contribution in [0.3, 0.4) is 0 Å². The summed E-state index contributed by atoms with van der Waals surface area (Å²) < 4.78 is 1.84. The highest BCUT2D eigenvalue weighted by Crippen LogP contribution is 2.18. The number of aryl methyl sites for hydroxylation is 1. The number of rotatable bonds is 5. The molecular weight excluding hydrogens is 214 g/mol. The van der Waals surface area contributed by atoms with Crippen molar-refractivity contribution in [3.8, 4) is 11.4 Å². The molecule has 1 aromatic carbocycles. The molecule has 2 aromatic rings. The first-order valence-corrected chi connectivity index (χ1v) is 5.93. The molecule has 1 heterocycles. The molecule has 0 radical (unpaired) electrons. The van der Waals surface area contributed by atoms with Crippen LogP contribution in [-0.2, 0) is 6.54 Å². The number of nitrogen functional groups attached to an aromatic ring is 1. The van der Waals surface area contributed by atoms with Crippen LogP contribution in [0.15, 0.2) is 24.3 Å². The largest absolute Gasteiger partial charge is 0.399 e. The molecular formula is C12H17N5. The summed E-state index contributed by atoms with van der Waals surface area (Å²) >= 11 is 0. The molecule has 0 aliphatic carbocycles. The van der Waals surface area contributed by atoms with Crippen LogP contribution in [-0.4, -0.2) is 20.2 Å². The third-order valence-corrected chi connectivity index (χ3v) is 2.65. The summed E-state index contributed by atoms with van der Waals surface area (Å²) in [6.45, 7) is 3.03. The van der Waals surface area contributed by atoms with Gasteiger partial charge in [0, 0.05) is 17.8 Å². The first-order chi connectivity index (χ1) is 8.31. The minimum atomic E-state index is 0.727. The van der Waals surface area contributed by atoms with Gasteiger partial charge in [0.2, 0.25) is 0 Å². The van der Waals surface area contributed by atoms with E-state index in [0.717, 1.165) is 30.0 Å². The van der Waals surface area contributed by atoms with Gasteiger partial charge < -0.3 is 5.73 Å². The van der Waals surface area contributed by atoms with E-state index in [1.807, 2.05) is 28.9 Å². The Labute approximate surface area is 101 Å². The summed E-state index contributed by atoms with van der Waals surface area (Å²) in [7, 11) is 0. The smallest absolute Gasteiger partial charge is 0.182 e. The highest BCUT2D eigenvalue weighted by atomic mass is 15.5. The average molecular weight is 231 g/mol. The number of hydrogen-bond donors (Lipinski definition) is 1. The molecule has 0 amide bonds. The van der Waals surface area contributed by atoms with E-state index >= 15 is 0 Å². The number of nitrogens with two attached hydrogens (primary N) is 1. The number of aromatic nitrogens is 4.